The van der Waals surface area contributed by atoms with Crippen LogP contribution in [-0.2, 0) is 11.3 Å². The van der Waals surface area contributed by atoms with E-state index in [-0.39, 0.29) is 6.09 Å². The summed E-state index contributed by atoms with van der Waals surface area (Å²) in [7, 11) is 0. The van der Waals surface area contributed by atoms with Crippen molar-refractivity contribution in [1.29, 1.82) is 0 Å². The van der Waals surface area contributed by atoms with Gasteiger partial charge in [0.25, 0.3) is 0 Å². The monoisotopic (exact) mass is 305 g/mol. The van der Waals surface area contributed by atoms with Crippen LogP contribution in [0.2, 0.25) is 0 Å². The standard InChI is InChI=1S/C17H27N3O2/c1-13(2)12-22-17(21)20-9-6-15(7-10-20)19-11-16-14(3)5-4-8-18-16/h4-5,8,13,15,19H,6-7,9-12H2,1-3H3. The molecule has 1 aromatic heterocycles. The molecular weight excluding hydrogens is 278 g/mol. The Bertz CT molecular complexity index is 483. The van der Waals surface area contributed by atoms with Crippen LogP contribution in [0.5, 0.6) is 0 Å². The predicted molar refractivity (Wildman–Crippen MR) is 86.6 cm³/mol. The molecule has 1 aliphatic rings. The van der Waals surface area contributed by atoms with Crippen LogP contribution in [0.1, 0.15) is 37.9 Å². The van der Waals surface area contributed by atoms with E-state index in [1.807, 2.05) is 31.0 Å². The van der Waals surface area contributed by atoms with Crippen LogP contribution < -0.4 is 5.32 Å². The van der Waals surface area contributed by atoms with Crippen molar-refractivity contribution in [2.75, 3.05) is 19.7 Å². The molecule has 0 aromatic carbocycles. The van der Waals surface area contributed by atoms with E-state index < -0.39 is 0 Å². The van der Waals surface area contributed by atoms with Crippen molar-refractivity contribution < 1.29 is 9.53 Å². The zero-order valence-corrected chi connectivity index (χ0v) is 13.8. The first-order valence-electron chi connectivity index (χ1n) is 8.12. The molecule has 22 heavy (non-hydrogen) atoms. The Morgan fingerprint density at radius 1 is 1.45 bits per heavy atom. The number of pyridine rings is 1. The zero-order chi connectivity index (χ0) is 15.9. The fourth-order valence-corrected chi connectivity index (χ4v) is 2.54. The third-order valence-electron chi connectivity index (χ3n) is 3.97. The summed E-state index contributed by atoms with van der Waals surface area (Å²) in [5.41, 5.74) is 2.31. The van der Waals surface area contributed by atoms with Crippen molar-refractivity contribution in [3.8, 4) is 0 Å². The van der Waals surface area contributed by atoms with E-state index in [0.29, 0.717) is 18.6 Å². The van der Waals surface area contributed by atoms with Crippen molar-refractivity contribution in [2.45, 2.75) is 46.2 Å². The highest BCUT2D eigenvalue weighted by Crippen LogP contribution is 2.13. The molecule has 0 spiro atoms. The third-order valence-corrected chi connectivity index (χ3v) is 3.97. The number of nitrogens with zero attached hydrogens (tertiary/aromatic N) is 2. The number of carbonyl (C=O) groups excluding carboxylic acids is 1. The molecular formula is C17H27N3O2. The van der Waals surface area contributed by atoms with Gasteiger partial charge in [-0.3, -0.25) is 4.98 Å². The van der Waals surface area contributed by atoms with E-state index in [1.165, 1.54) is 5.56 Å². The first-order chi connectivity index (χ1) is 10.6. The van der Waals surface area contributed by atoms with E-state index >= 15 is 0 Å². The summed E-state index contributed by atoms with van der Waals surface area (Å²) in [6, 6.07) is 4.48. The molecule has 2 rings (SSSR count). The quantitative estimate of drug-likeness (QED) is 0.909. The SMILES string of the molecule is Cc1cccnc1CNC1CCN(C(=O)OCC(C)C)CC1. The summed E-state index contributed by atoms with van der Waals surface area (Å²) in [6.45, 7) is 8.97. The van der Waals surface area contributed by atoms with E-state index in [4.69, 9.17) is 4.74 Å². The number of piperidine rings is 1. The lowest BCUT2D eigenvalue weighted by Crippen LogP contribution is -2.45. The minimum atomic E-state index is -0.173. The van der Waals surface area contributed by atoms with Crippen molar-refractivity contribution in [2.24, 2.45) is 5.92 Å². The summed E-state index contributed by atoms with van der Waals surface area (Å²) < 4.78 is 5.28. The maximum atomic E-state index is 11.9. The van der Waals surface area contributed by atoms with Gasteiger partial charge in [0.1, 0.15) is 0 Å². The van der Waals surface area contributed by atoms with Crippen molar-refractivity contribution in [1.82, 2.24) is 15.2 Å². The lowest BCUT2D eigenvalue weighted by Gasteiger charge is -2.32. The van der Waals surface area contributed by atoms with Gasteiger partial charge in [-0.15, -0.1) is 0 Å². The minimum Gasteiger partial charge on any atom is -0.449 e. The number of nitrogens with one attached hydrogen (secondary N) is 1. The summed E-state index contributed by atoms with van der Waals surface area (Å²) in [5.74, 6) is 0.379. The number of carbonyl (C=O) groups is 1. The van der Waals surface area contributed by atoms with Gasteiger partial charge in [0.05, 0.1) is 12.3 Å². The highest BCUT2D eigenvalue weighted by molar-refractivity contribution is 5.67. The van der Waals surface area contributed by atoms with Gasteiger partial charge in [-0.05, 0) is 37.3 Å². The lowest BCUT2D eigenvalue weighted by atomic mass is 10.1. The second-order valence-corrected chi connectivity index (χ2v) is 6.38. The van der Waals surface area contributed by atoms with Crippen LogP contribution in [0.3, 0.4) is 0 Å². The van der Waals surface area contributed by atoms with E-state index in [9.17, 15) is 4.79 Å². The summed E-state index contributed by atoms with van der Waals surface area (Å²) >= 11 is 0. The molecule has 5 heteroatoms. The molecule has 0 unspecified atom stereocenters. The fourth-order valence-electron chi connectivity index (χ4n) is 2.54. The Labute approximate surface area is 133 Å². The summed E-state index contributed by atoms with van der Waals surface area (Å²) in [4.78, 5) is 18.1. The van der Waals surface area contributed by atoms with Crippen LogP contribution in [0.25, 0.3) is 0 Å². The van der Waals surface area contributed by atoms with Crippen molar-refractivity contribution in [3.63, 3.8) is 0 Å². The van der Waals surface area contributed by atoms with Crippen molar-refractivity contribution in [3.05, 3.63) is 29.6 Å². The van der Waals surface area contributed by atoms with E-state index in [1.54, 1.807) is 0 Å². The summed E-state index contributed by atoms with van der Waals surface area (Å²) in [6.07, 6.45) is 3.58. The molecule has 1 saturated heterocycles. The summed E-state index contributed by atoms with van der Waals surface area (Å²) in [5, 5.41) is 3.55. The number of amides is 1. The molecule has 122 valence electrons. The third kappa shape index (κ3) is 4.98. The maximum absolute atomic E-state index is 11.9. The molecule has 2 heterocycles. The first-order valence-corrected chi connectivity index (χ1v) is 8.12. The smallest absolute Gasteiger partial charge is 0.409 e. The van der Waals surface area contributed by atoms with E-state index in [0.717, 1.165) is 38.2 Å². The second kappa shape index (κ2) is 8.13. The van der Waals surface area contributed by atoms with Crippen LogP contribution >= 0.6 is 0 Å². The molecule has 0 aliphatic carbocycles. The van der Waals surface area contributed by atoms with Crippen molar-refractivity contribution >= 4 is 6.09 Å². The fraction of sp³-hybridized carbons (Fsp3) is 0.647. The highest BCUT2D eigenvalue weighted by Gasteiger charge is 2.23. The topological polar surface area (TPSA) is 54.5 Å². The Balaban J connectivity index is 1.71. The van der Waals surface area contributed by atoms with Gasteiger partial charge >= 0.3 is 6.09 Å². The average molecular weight is 305 g/mol. The highest BCUT2D eigenvalue weighted by atomic mass is 16.6. The molecule has 0 radical (unpaired) electrons. The lowest BCUT2D eigenvalue weighted by molar-refractivity contribution is 0.0817. The molecule has 1 N–H and O–H groups in total. The van der Waals surface area contributed by atoms with Gasteiger partial charge in [-0.1, -0.05) is 19.9 Å². The molecule has 1 aromatic rings. The van der Waals surface area contributed by atoms with Gasteiger partial charge in [0.15, 0.2) is 0 Å². The number of aryl methyl sites for hydroxylation is 1. The Hall–Kier alpha value is -1.62. The van der Waals surface area contributed by atoms with Crippen LogP contribution in [0.4, 0.5) is 4.79 Å². The molecule has 0 saturated carbocycles. The molecule has 1 amide bonds. The number of ether oxygens (including phenoxy) is 1. The molecule has 0 atom stereocenters. The van der Waals surface area contributed by atoms with Gasteiger partial charge in [0.2, 0.25) is 0 Å². The molecule has 0 bridgehead atoms. The number of likely N-dealkylation sites (tertiary alicyclic amines) is 1. The Kier molecular flexibility index (Phi) is 6.19. The average Bonchev–Trinajstić information content (AvgIpc) is 2.52. The predicted octanol–water partition coefficient (Wildman–Crippen LogP) is 2.74. The van der Waals surface area contributed by atoms with Crippen LogP contribution in [0.15, 0.2) is 18.3 Å². The van der Waals surface area contributed by atoms with Crippen LogP contribution in [0, 0.1) is 12.8 Å². The van der Waals surface area contributed by atoms with Gasteiger partial charge in [-0.25, -0.2) is 4.79 Å². The van der Waals surface area contributed by atoms with Gasteiger partial charge < -0.3 is 15.0 Å². The van der Waals surface area contributed by atoms with E-state index in [2.05, 4.69) is 23.3 Å². The molecule has 1 fully saturated rings. The molecule has 5 nitrogen and oxygen atoms in total. The number of hydrogen-bond donors (Lipinski definition) is 1. The van der Waals surface area contributed by atoms with Gasteiger partial charge in [-0.2, -0.15) is 0 Å². The Morgan fingerprint density at radius 2 is 2.18 bits per heavy atom. The molecule has 1 aliphatic heterocycles. The number of rotatable bonds is 5. The first kappa shape index (κ1) is 16.7. The van der Waals surface area contributed by atoms with Gasteiger partial charge in [0, 0.05) is 31.9 Å². The minimum absolute atomic E-state index is 0.173. The maximum Gasteiger partial charge on any atom is 0.409 e. The normalized spacial score (nSPS) is 16.1. The zero-order valence-electron chi connectivity index (χ0n) is 13.8. The Morgan fingerprint density at radius 3 is 2.82 bits per heavy atom. The number of aromatic nitrogens is 1. The largest absolute Gasteiger partial charge is 0.449 e. The number of hydrogen-bond acceptors (Lipinski definition) is 4. The van der Waals surface area contributed by atoms with Crippen LogP contribution in [-0.4, -0.2) is 41.7 Å². The second-order valence-electron chi connectivity index (χ2n) is 6.38.